The Morgan fingerprint density at radius 2 is 1.19 bits per heavy atom. The van der Waals surface area contributed by atoms with Gasteiger partial charge in [-0.05, 0) is 43.0 Å². The molecule has 152 valence electrons. The number of unbranched alkanes of at least 4 members (excludes halogenated alkanes) is 6. The molecule has 0 saturated carbocycles. The molecule has 1 aromatic rings. The molecular formula is C23H36O4. The Labute approximate surface area is 164 Å². The van der Waals surface area contributed by atoms with Crippen LogP contribution in [0.5, 0.6) is 0 Å². The highest BCUT2D eigenvalue weighted by Gasteiger charge is 2.11. The molecule has 0 aliphatic rings. The van der Waals surface area contributed by atoms with Crippen LogP contribution in [0, 0.1) is 5.92 Å². The Kier molecular flexibility index (Phi) is 12.2. The van der Waals surface area contributed by atoms with E-state index in [4.69, 9.17) is 9.47 Å². The van der Waals surface area contributed by atoms with E-state index in [-0.39, 0.29) is 11.9 Å². The molecule has 0 unspecified atom stereocenters. The molecule has 27 heavy (non-hydrogen) atoms. The van der Waals surface area contributed by atoms with Gasteiger partial charge in [0, 0.05) is 0 Å². The molecule has 0 spiro atoms. The second-order valence-corrected chi connectivity index (χ2v) is 7.51. The lowest BCUT2D eigenvalue weighted by atomic mass is 10.1. The lowest BCUT2D eigenvalue weighted by Crippen LogP contribution is -2.09. The molecule has 0 aromatic heterocycles. The van der Waals surface area contributed by atoms with Crippen molar-refractivity contribution in [1.29, 1.82) is 0 Å². The minimum Gasteiger partial charge on any atom is -0.462 e. The van der Waals surface area contributed by atoms with E-state index in [2.05, 4.69) is 20.8 Å². The Morgan fingerprint density at radius 1 is 0.741 bits per heavy atom. The highest BCUT2D eigenvalue weighted by atomic mass is 16.5. The Morgan fingerprint density at radius 3 is 1.63 bits per heavy atom. The Bertz CT molecular complexity index is 534. The van der Waals surface area contributed by atoms with Crippen molar-refractivity contribution in [1.82, 2.24) is 0 Å². The smallest absolute Gasteiger partial charge is 0.338 e. The van der Waals surface area contributed by atoms with E-state index >= 15 is 0 Å². The molecule has 4 nitrogen and oxygen atoms in total. The SMILES string of the molecule is CCCCCCCOC(=O)c1ccc(C(=O)OCCCCCC(C)C)cc1. The summed E-state index contributed by atoms with van der Waals surface area (Å²) in [5, 5.41) is 0. The van der Waals surface area contributed by atoms with E-state index in [9.17, 15) is 9.59 Å². The van der Waals surface area contributed by atoms with Crippen molar-refractivity contribution < 1.29 is 19.1 Å². The van der Waals surface area contributed by atoms with Crippen molar-refractivity contribution in [2.45, 2.75) is 78.6 Å². The third kappa shape index (κ3) is 10.8. The molecule has 0 amide bonds. The lowest BCUT2D eigenvalue weighted by Gasteiger charge is -2.07. The number of benzene rings is 1. The Balaban J connectivity index is 2.25. The molecule has 0 N–H and O–H groups in total. The van der Waals surface area contributed by atoms with Crippen molar-refractivity contribution in [2.75, 3.05) is 13.2 Å². The lowest BCUT2D eigenvalue weighted by molar-refractivity contribution is 0.0483. The second kappa shape index (κ2) is 14.2. The third-order valence-corrected chi connectivity index (χ3v) is 4.50. The van der Waals surface area contributed by atoms with Crippen LogP contribution in [0.1, 0.15) is 99.3 Å². The molecule has 1 aromatic carbocycles. The molecule has 0 aliphatic carbocycles. The number of hydrogen-bond donors (Lipinski definition) is 0. The first-order chi connectivity index (χ1) is 13.0. The summed E-state index contributed by atoms with van der Waals surface area (Å²) < 4.78 is 10.6. The predicted octanol–water partition coefficient (Wildman–Crippen LogP) is 6.19. The van der Waals surface area contributed by atoms with Crippen LogP contribution in [-0.2, 0) is 9.47 Å². The molecular weight excluding hydrogens is 340 g/mol. The Hall–Kier alpha value is -1.84. The zero-order chi connectivity index (χ0) is 19.9. The number of hydrogen-bond acceptors (Lipinski definition) is 4. The van der Waals surface area contributed by atoms with Crippen LogP contribution in [-0.4, -0.2) is 25.2 Å². The van der Waals surface area contributed by atoms with E-state index in [1.54, 1.807) is 24.3 Å². The fourth-order valence-electron chi connectivity index (χ4n) is 2.78. The number of rotatable bonds is 14. The minimum atomic E-state index is -0.338. The summed E-state index contributed by atoms with van der Waals surface area (Å²) in [7, 11) is 0. The predicted molar refractivity (Wildman–Crippen MR) is 109 cm³/mol. The van der Waals surface area contributed by atoms with Gasteiger partial charge in [-0.2, -0.15) is 0 Å². The van der Waals surface area contributed by atoms with E-state index in [1.807, 2.05) is 0 Å². The van der Waals surface area contributed by atoms with E-state index in [0.717, 1.165) is 31.6 Å². The van der Waals surface area contributed by atoms with Gasteiger partial charge in [0.15, 0.2) is 0 Å². The van der Waals surface area contributed by atoms with Crippen molar-refractivity contribution in [3.05, 3.63) is 35.4 Å². The maximum atomic E-state index is 12.0. The van der Waals surface area contributed by atoms with Gasteiger partial charge in [0.05, 0.1) is 24.3 Å². The van der Waals surface area contributed by atoms with Gasteiger partial charge in [0.1, 0.15) is 0 Å². The average Bonchev–Trinajstić information content (AvgIpc) is 2.66. The van der Waals surface area contributed by atoms with Crippen molar-refractivity contribution in [2.24, 2.45) is 5.92 Å². The molecule has 0 aliphatic heterocycles. The van der Waals surface area contributed by atoms with Crippen molar-refractivity contribution in [3.8, 4) is 0 Å². The second-order valence-electron chi connectivity index (χ2n) is 7.51. The monoisotopic (exact) mass is 376 g/mol. The summed E-state index contributed by atoms with van der Waals surface area (Å²) in [6.45, 7) is 7.50. The number of esters is 2. The maximum Gasteiger partial charge on any atom is 0.338 e. The van der Waals surface area contributed by atoms with Gasteiger partial charge < -0.3 is 9.47 Å². The van der Waals surface area contributed by atoms with Crippen LogP contribution >= 0.6 is 0 Å². The van der Waals surface area contributed by atoms with Crippen molar-refractivity contribution in [3.63, 3.8) is 0 Å². The summed E-state index contributed by atoms with van der Waals surface area (Å²) >= 11 is 0. The van der Waals surface area contributed by atoms with Gasteiger partial charge in [-0.3, -0.25) is 0 Å². The normalized spacial score (nSPS) is 10.8. The minimum absolute atomic E-state index is 0.337. The number of carbonyl (C=O) groups excluding carboxylic acids is 2. The first kappa shape index (κ1) is 23.2. The van der Waals surface area contributed by atoms with Crippen LogP contribution < -0.4 is 0 Å². The highest BCUT2D eigenvalue weighted by molar-refractivity contribution is 5.93. The van der Waals surface area contributed by atoms with Crippen LogP contribution in [0.25, 0.3) is 0 Å². The summed E-state index contributed by atoms with van der Waals surface area (Å²) in [6.07, 6.45) is 9.94. The number of ether oxygens (including phenoxy) is 2. The number of carbonyl (C=O) groups is 2. The molecule has 0 atom stereocenters. The van der Waals surface area contributed by atoms with Gasteiger partial charge in [-0.15, -0.1) is 0 Å². The standard InChI is InChI=1S/C23H36O4/c1-4-5-6-7-10-17-26-22(24)20-13-15-21(16-14-20)23(25)27-18-11-8-9-12-19(2)3/h13-16,19H,4-12,17-18H2,1-3H3. The van der Waals surface area contributed by atoms with Gasteiger partial charge in [0.2, 0.25) is 0 Å². The molecule has 0 bridgehead atoms. The summed E-state index contributed by atoms with van der Waals surface area (Å²) in [6, 6.07) is 6.50. The fraction of sp³-hybridized carbons (Fsp3) is 0.652. The van der Waals surface area contributed by atoms with Crippen LogP contribution in [0.3, 0.4) is 0 Å². The fourth-order valence-corrected chi connectivity index (χ4v) is 2.78. The molecule has 0 fully saturated rings. The van der Waals surface area contributed by atoms with Crippen LogP contribution in [0.4, 0.5) is 0 Å². The summed E-state index contributed by atoms with van der Waals surface area (Å²) in [4.78, 5) is 24.0. The first-order valence-electron chi connectivity index (χ1n) is 10.5. The van der Waals surface area contributed by atoms with Gasteiger partial charge >= 0.3 is 11.9 Å². The average molecular weight is 377 g/mol. The zero-order valence-corrected chi connectivity index (χ0v) is 17.3. The largest absolute Gasteiger partial charge is 0.462 e. The van der Waals surface area contributed by atoms with Crippen LogP contribution in [0.2, 0.25) is 0 Å². The summed E-state index contributed by atoms with van der Waals surface area (Å²) in [5.74, 6) is 0.0454. The molecule has 4 heteroatoms. The van der Waals surface area contributed by atoms with Gasteiger partial charge in [-0.1, -0.05) is 65.7 Å². The van der Waals surface area contributed by atoms with E-state index in [0.29, 0.717) is 24.3 Å². The van der Waals surface area contributed by atoms with Crippen molar-refractivity contribution >= 4 is 11.9 Å². The molecule has 0 heterocycles. The van der Waals surface area contributed by atoms with E-state index < -0.39 is 0 Å². The zero-order valence-electron chi connectivity index (χ0n) is 17.3. The summed E-state index contributed by atoms with van der Waals surface area (Å²) in [5.41, 5.74) is 0.932. The van der Waals surface area contributed by atoms with Gasteiger partial charge in [-0.25, -0.2) is 9.59 Å². The molecule has 0 radical (unpaired) electrons. The topological polar surface area (TPSA) is 52.6 Å². The highest BCUT2D eigenvalue weighted by Crippen LogP contribution is 2.11. The molecule has 1 rings (SSSR count). The maximum absolute atomic E-state index is 12.0. The van der Waals surface area contributed by atoms with E-state index in [1.165, 1.54) is 32.1 Å². The first-order valence-corrected chi connectivity index (χ1v) is 10.5. The molecule has 0 saturated heterocycles. The van der Waals surface area contributed by atoms with Gasteiger partial charge in [0.25, 0.3) is 0 Å². The quantitative estimate of drug-likeness (QED) is 0.287. The third-order valence-electron chi connectivity index (χ3n) is 4.50. The van der Waals surface area contributed by atoms with Crippen LogP contribution in [0.15, 0.2) is 24.3 Å².